The molecule has 3 aromatic rings. The fraction of sp³-hybridized carbons (Fsp3) is 0.565. The molecule has 1 aliphatic rings. The summed E-state index contributed by atoms with van der Waals surface area (Å²) in [7, 11) is -3.10. The zero-order valence-corrected chi connectivity index (χ0v) is 20.4. The van der Waals surface area contributed by atoms with E-state index in [1.165, 1.54) is 6.07 Å². The van der Waals surface area contributed by atoms with Gasteiger partial charge in [-0.1, -0.05) is 13.8 Å². The van der Waals surface area contributed by atoms with E-state index in [0.717, 1.165) is 18.9 Å². The van der Waals surface area contributed by atoms with Crippen molar-refractivity contribution in [2.45, 2.75) is 46.5 Å². The Balaban J connectivity index is 1.65. The summed E-state index contributed by atoms with van der Waals surface area (Å²) >= 11 is 0. The van der Waals surface area contributed by atoms with Crippen molar-refractivity contribution in [3.8, 4) is 0 Å². The van der Waals surface area contributed by atoms with Gasteiger partial charge in [0.1, 0.15) is 28.5 Å². The van der Waals surface area contributed by atoms with Crippen molar-refractivity contribution in [3.05, 3.63) is 29.6 Å². The molecule has 0 aliphatic carbocycles. The Kier molecular flexibility index (Phi) is 7.03. The van der Waals surface area contributed by atoms with Crippen LogP contribution in [0.25, 0.3) is 21.9 Å². The maximum atomic E-state index is 14.7. The molecule has 0 bridgehead atoms. The summed E-state index contributed by atoms with van der Waals surface area (Å²) in [5.41, 5.74) is 1.44. The molecule has 1 fully saturated rings. The van der Waals surface area contributed by atoms with E-state index in [4.69, 9.17) is 14.0 Å². The SMILES string of the molecule is CCOP(=O)(CC1CCN(c2nc(C(C)C)nc3c2[nH]c2cc(F)cc(F)c23)CC1)OCC. The van der Waals surface area contributed by atoms with Gasteiger partial charge in [0.15, 0.2) is 5.82 Å². The van der Waals surface area contributed by atoms with E-state index in [9.17, 15) is 13.3 Å². The van der Waals surface area contributed by atoms with Crippen LogP contribution in [0.1, 0.15) is 52.3 Å². The van der Waals surface area contributed by atoms with Gasteiger partial charge in [-0.2, -0.15) is 0 Å². The lowest BCUT2D eigenvalue weighted by atomic mass is 9.99. The van der Waals surface area contributed by atoms with Gasteiger partial charge in [0.25, 0.3) is 0 Å². The number of H-pyrrole nitrogens is 1. The summed E-state index contributed by atoms with van der Waals surface area (Å²) in [6.45, 7) is 9.70. The summed E-state index contributed by atoms with van der Waals surface area (Å²) in [4.78, 5) is 14.7. The van der Waals surface area contributed by atoms with Gasteiger partial charge in [-0.05, 0) is 38.7 Å². The van der Waals surface area contributed by atoms with Gasteiger partial charge in [0, 0.05) is 25.1 Å². The van der Waals surface area contributed by atoms with Crippen molar-refractivity contribution in [3.63, 3.8) is 0 Å². The number of nitrogens with one attached hydrogen (secondary N) is 1. The normalized spacial score (nSPS) is 15.9. The first-order valence-corrected chi connectivity index (χ1v) is 13.3. The molecular weight excluding hydrogens is 449 g/mol. The highest BCUT2D eigenvalue weighted by atomic mass is 31.2. The molecule has 3 heterocycles. The predicted octanol–water partition coefficient (Wildman–Crippen LogP) is 6.00. The Labute approximate surface area is 192 Å². The molecule has 0 atom stereocenters. The van der Waals surface area contributed by atoms with Crippen LogP contribution in [-0.4, -0.2) is 47.4 Å². The van der Waals surface area contributed by atoms with Crippen molar-refractivity contribution in [1.29, 1.82) is 0 Å². The van der Waals surface area contributed by atoms with E-state index >= 15 is 0 Å². The third-order valence-corrected chi connectivity index (χ3v) is 8.29. The van der Waals surface area contributed by atoms with Crippen LogP contribution in [0.3, 0.4) is 0 Å². The Hall–Kier alpha value is -2.09. The van der Waals surface area contributed by atoms with Crippen molar-refractivity contribution in [2.75, 3.05) is 37.4 Å². The Morgan fingerprint density at radius 2 is 1.82 bits per heavy atom. The van der Waals surface area contributed by atoms with E-state index < -0.39 is 19.2 Å². The van der Waals surface area contributed by atoms with Crippen molar-refractivity contribution >= 4 is 35.3 Å². The van der Waals surface area contributed by atoms with Crippen LogP contribution in [0.2, 0.25) is 0 Å². The first-order valence-electron chi connectivity index (χ1n) is 11.6. The highest BCUT2D eigenvalue weighted by Gasteiger charge is 2.32. The van der Waals surface area contributed by atoms with Gasteiger partial charge in [-0.3, -0.25) is 4.57 Å². The first kappa shape index (κ1) is 24.0. The maximum Gasteiger partial charge on any atom is 0.330 e. The molecule has 180 valence electrons. The number of anilines is 1. The Bertz CT molecular complexity index is 1180. The molecule has 0 amide bonds. The van der Waals surface area contributed by atoms with E-state index in [-0.39, 0.29) is 17.2 Å². The molecule has 0 radical (unpaired) electrons. The number of hydrogen-bond acceptors (Lipinski definition) is 6. The van der Waals surface area contributed by atoms with E-state index in [1.807, 2.05) is 27.7 Å². The number of hydrogen-bond donors (Lipinski definition) is 1. The monoisotopic (exact) mass is 480 g/mol. The molecular formula is C23H31F2N4O3P. The van der Waals surface area contributed by atoms with Crippen molar-refractivity contribution in [2.24, 2.45) is 5.92 Å². The second kappa shape index (κ2) is 9.65. The molecule has 7 nitrogen and oxygen atoms in total. The van der Waals surface area contributed by atoms with Gasteiger partial charge in [-0.15, -0.1) is 0 Å². The number of benzene rings is 1. The molecule has 1 aliphatic heterocycles. The number of aromatic amines is 1. The second-order valence-electron chi connectivity index (χ2n) is 8.78. The molecule has 0 saturated carbocycles. The minimum atomic E-state index is -3.10. The number of fused-ring (bicyclic) bond motifs is 3. The predicted molar refractivity (Wildman–Crippen MR) is 126 cm³/mol. The zero-order valence-electron chi connectivity index (χ0n) is 19.5. The summed E-state index contributed by atoms with van der Waals surface area (Å²) in [6.07, 6.45) is 2.00. The van der Waals surface area contributed by atoms with Crippen LogP contribution in [0, 0.1) is 17.6 Å². The van der Waals surface area contributed by atoms with Crippen molar-refractivity contribution in [1.82, 2.24) is 15.0 Å². The summed E-state index contributed by atoms with van der Waals surface area (Å²) in [5.74, 6) is 0.275. The van der Waals surface area contributed by atoms with Gasteiger partial charge >= 0.3 is 7.60 Å². The molecule has 33 heavy (non-hydrogen) atoms. The minimum Gasteiger partial charge on any atom is -0.355 e. The number of piperidine rings is 1. The van der Waals surface area contributed by atoms with Gasteiger partial charge in [0.2, 0.25) is 0 Å². The lowest BCUT2D eigenvalue weighted by Gasteiger charge is -2.34. The number of rotatable bonds is 8. The van der Waals surface area contributed by atoms with E-state index in [0.29, 0.717) is 60.7 Å². The third kappa shape index (κ3) is 4.91. The summed E-state index contributed by atoms with van der Waals surface area (Å²) in [5, 5.41) is 0.279. The molecule has 1 N–H and O–H groups in total. The largest absolute Gasteiger partial charge is 0.355 e. The first-order chi connectivity index (χ1) is 15.7. The van der Waals surface area contributed by atoms with Crippen LogP contribution < -0.4 is 4.90 Å². The number of halogens is 2. The lowest BCUT2D eigenvalue weighted by Crippen LogP contribution is -2.36. The van der Waals surface area contributed by atoms with Crippen molar-refractivity contribution < 1.29 is 22.4 Å². The van der Waals surface area contributed by atoms with Crippen LogP contribution in [-0.2, 0) is 13.6 Å². The van der Waals surface area contributed by atoms with Crippen LogP contribution in [0.4, 0.5) is 14.6 Å². The minimum absolute atomic E-state index is 0.0439. The topological polar surface area (TPSA) is 80.3 Å². The van der Waals surface area contributed by atoms with Crippen LogP contribution in [0.5, 0.6) is 0 Å². The fourth-order valence-corrected chi connectivity index (χ4v) is 6.55. The smallest absolute Gasteiger partial charge is 0.330 e. The molecule has 0 unspecified atom stereocenters. The van der Waals surface area contributed by atoms with Crippen LogP contribution >= 0.6 is 7.60 Å². The lowest BCUT2D eigenvalue weighted by molar-refractivity contribution is 0.213. The van der Waals surface area contributed by atoms with Gasteiger partial charge < -0.3 is 18.9 Å². The number of aromatic nitrogens is 3. The van der Waals surface area contributed by atoms with Crippen LogP contribution in [0.15, 0.2) is 12.1 Å². The van der Waals surface area contributed by atoms with E-state index in [1.54, 1.807) is 0 Å². The summed E-state index contributed by atoms with van der Waals surface area (Å²) in [6, 6.07) is 2.16. The van der Waals surface area contributed by atoms with Gasteiger partial charge in [-0.25, -0.2) is 18.7 Å². The third-order valence-electron chi connectivity index (χ3n) is 6.02. The molecule has 0 spiro atoms. The molecule has 1 saturated heterocycles. The Morgan fingerprint density at radius 3 is 2.42 bits per heavy atom. The number of nitrogens with zero attached hydrogens (tertiary/aromatic N) is 3. The second-order valence-corrected chi connectivity index (χ2v) is 10.9. The molecule has 10 heteroatoms. The molecule has 1 aromatic carbocycles. The standard InChI is InChI=1S/C23H31F2N4O3P/c1-5-31-33(30,32-6-2)13-15-7-9-29(10-8-15)23-21-20(27-22(28-23)14(3)4)19-17(25)11-16(24)12-18(19)26-21/h11-12,14-15,26H,5-10,13H2,1-4H3. The zero-order chi connectivity index (χ0) is 23.8. The Morgan fingerprint density at radius 1 is 1.15 bits per heavy atom. The highest BCUT2D eigenvalue weighted by Crippen LogP contribution is 2.51. The fourth-order valence-electron chi connectivity index (χ4n) is 4.48. The molecule has 4 rings (SSSR count). The van der Waals surface area contributed by atoms with Gasteiger partial charge in [0.05, 0.1) is 30.3 Å². The average Bonchev–Trinajstić information content (AvgIpc) is 3.12. The maximum absolute atomic E-state index is 14.7. The highest BCUT2D eigenvalue weighted by molar-refractivity contribution is 7.53. The summed E-state index contributed by atoms with van der Waals surface area (Å²) < 4.78 is 52.4. The average molecular weight is 480 g/mol. The molecule has 2 aromatic heterocycles. The van der Waals surface area contributed by atoms with E-state index in [2.05, 4.69) is 14.9 Å². The quantitative estimate of drug-likeness (QED) is 0.399.